The van der Waals surface area contributed by atoms with Gasteiger partial charge in [0.15, 0.2) is 0 Å². The van der Waals surface area contributed by atoms with Crippen LogP contribution in [0, 0.1) is 6.92 Å². The van der Waals surface area contributed by atoms with Crippen molar-refractivity contribution in [3.63, 3.8) is 0 Å². The number of aryl methyl sites for hydroxylation is 1. The Kier molecular flexibility index (Phi) is 1.94. The van der Waals surface area contributed by atoms with Crippen molar-refractivity contribution in [1.29, 1.82) is 0 Å². The van der Waals surface area contributed by atoms with Crippen LogP contribution in [0.3, 0.4) is 0 Å². The number of nitrogens with zero attached hydrogens (tertiary/aromatic N) is 2. The molecule has 1 heterocycles. The van der Waals surface area contributed by atoms with Gasteiger partial charge in [0.25, 0.3) is 0 Å². The van der Waals surface area contributed by atoms with E-state index in [9.17, 15) is 4.79 Å². The van der Waals surface area contributed by atoms with Gasteiger partial charge in [-0.05, 0) is 13.0 Å². The lowest BCUT2D eigenvalue weighted by Crippen LogP contribution is -2.22. The first kappa shape index (κ1) is 7.78. The molecular formula is C7H11N3O. The first-order valence-corrected chi connectivity index (χ1v) is 3.37. The number of hydrogen-bond donors (Lipinski definition) is 1. The summed E-state index contributed by atoms with van der Waals surface area (Å²) in [7, 11) is 3.44. The molecule has 0 saturated carbocycles. The molecule has 0 aliphatic heterocycles. The molecule has 0 unspecified atom stereocenters. The summed E-state index contributed by atoms with van der Waals surface area (Å²) in [5, 5.41) is 2.81. The van der Waals surface area contributed by atoms with Crippen LogP contribution in [0.5, 0.6) is 0 Å². The molecule has 0 saturated heterocycles. The largest absolute Gasteiger partial charge is 0.373 e. The fourth-order valence-electron chi connectivity index (χ4n) is 0.784. The maximum absolute atomic E-state index is 11.0. The number of rotatable bonds is 1. The molecule has 60 valence electrons. The topological polar surface area (TPSA) is 46.9 Å². The smallest absolute Gasteiger partial charge is 0.349 e. The molecule has 0 aromatic carbocycles. The maximum Gasteiger partial charge on any atom is 0.349 e. The summed E-state index contributed by atoms with van der Waals surface area (Å²) in [6.45, 7) is 1.86. The van der Waals surface area contributed by atoms with Crippen molar-refractivity contribution in [1.82, 2.24) is 9.55 Å². The first-order chi connectivity index (χ1) is 5.15. The average Bonchev–Trinajstić information content (AvgIpc) is 1.99. The van der Waals surface area contributed by atoms with Gasteiger partial charge in [-0.1, -0.05) is 0 Å². The second-order valence-corrected chi connectivity index (χ2v) is 2.37. The fourth-order valence-corrected chi connectivity index (χ4v) is 0.784. The Morgan fingerprint density at radius 2 is 2.27 bits per heavy atom. The highest BCUT2D eigenvalue weighted by atomic mass is 16.1. The van der Waals surface area contributed by atoms with Crippen LogP contribution in [-0.2, 0) is 7.05 Å². The van der Waals surface area contributed by atoms with E-state index in [1.165, 1.54) is 4.57 Å². The van der Waals surface area contributed by atoms with Crippen LogP contribution >= 0.6 is 0 Å². The normalized spacial score (nSPS) is 9.73. The quantitative estimate of drug-likeness (QED) is 0.623. The van der Waals surface area contributed by atoms with Crippen molar-refractivity contribution in [2.75, 3.05) is 12.4 Å². The molecule has 0 fully saturated rings. The minimum Gasteiger partial charge on any atom is -0.373 e. The van der Waals surface area contributed by atoms with E-state index in [-0.39, 0.29) is 5.69 Å². The Labute approximate surface area is 64.9 Å². The van der Waals surface area contributed by atoms with Gasteiger partial charge in [-0.3, -0.25) is 4.57 Å². The molecule has 0 amide bonds. The van der Waals surface area contributed by atoms with Gasteiger partial charge in [-0.25, -0.2) is 4.79 Å². The lowest BCUT2D eigenvalue weighted by Gasteiger charge is -2.03. The number of anilines is 1. The molecule has 4 nitrogen and oxygen atoms in total. The third-order valence-electron chi connectivity index (χ3n) is 1.63. The predicted molar refractivity (Wildman–Crippen MR) is 43.8 cm³/mol. The molecule has 4 heteroatoms. The van der Waals surface area contributed by atoms with Gasteiger partial charge in [-0.2, -0.15) is 4.98 Å². The van der Waals surface area contributed by atoms with E-state index in [1.807, 2.05) is 13.0 Å². The lowest BCUT2D eigenvalue weighted by atomic mass is 10.4. The Balaban J connectivity index is 3.32. The molecule has 1 aromatic rings. The van der Waals surface area contributed by atoms with E-state index in [2.05, 4.69) is 10.3 Å². The van der Waals surface area contributed by atoms with E-state index in [0.29, 0.717) is 5.82 Å². The highest BCUT2D eigenvalue weighted by Gasteiger charge is 1.97. The molecule has 1 N–H and O–H groups in total. The van der Waals surface area contributed by atoms with Gasteiger partial charge < -0.3 is 5.32 Å². The zero-order valence-electron chi connectivity index (χ0n) is 6.88. The van der Waals surface area contributed by atoms with E-state index in [0.717, 1.165) is 5.69 Å². The lowest BCUT2D eigenvalue weighted by molar-refractivity contribution is 0.777. The molecule has 11 heavy (non-hydrogen) atoms. The zero-order chi connectivity index (χ0) is 8.43. The van der Waals surface area contributed by atoms with Crippen LogP contribution in [0.15, 0.2) is 10.9 Å². The summed E-state index contributed by atoms with van der Waals surface area (Å²) in [5.74, 6) is 0.616. The summed E-state index contributed by atoms with van der Waals surface area (Å²) in [6.07, 6.45) is 0. The van der Waals surface area contributed by atoms with E-state index >= 15 is 0 Å². The maximum atomic E-state index is 11.0. The van der Waals surface area contributed by atoms with Crippen molar-refractivity contribution in [3.8, 4) is 0 Å². The highest BCUT2D eigenvalue weighted by molar-refractivity contribution is 5.33. The Morgan fingerprint density at radius 1 is 1.64 bits per heavy atom. The number of nitrogens with one attached hydrogen (secondary N) is 1. The summed E-state index contributed by atoms with van der Waals surface area (Å²) < 4.78 is 1.50. The van der Waals surface area contributed by atoms with Crippen molar-refractivity contribution >= 4 is 5.82 Å². The van der Waals surface area contributed by atoms with E-state index < -0.39 is 0 Å². The van der Waals surface area contributed by atoms with Crippen molar-refractivity contribution in [2.24, 2.45) is 7.05 Å². The standard InChI is InChI=1S/C7H11N3O/c1-5-4-6(8-2)9-7(11)10(5)3/h4H,1-3H3,(H,8,9,11). The van der Waals surface area contributed by atoms with Crippen LogP contribution in [0.4, 0.5) is 5.82 Å². The molecule has 0 radical (unpaired) electrons. The average molecular weight is 153 g/mol. The van der Waals surface area contributed by atoms with Crippen LogP contribution in [-0.4, -0.2) is 16.6 Å². The summed E-state index contributed by atoms with van der Waals surface area (Å²) in [6, 6.07) is 1.82. The Morgan fingerprint density at radius 3 is 2.73 bits per heavy atom. The van der Waals surface area contributed by atoms with Gasteiger partial charge in [0, 0.05) is 19.8 Å². The van der Waals surface area contributed by atoms with Crippen LogP contribution in [0.2, 0.25) is 0 Å². The number of aromatic nitrogens is 2. The molecule has 1 rings (SSSR count). The fraction of sp³-hybridized carbons (Fsp3) is 0.429. The van der Waals surface area contributed by atoms with Gasteiger partial charge in [0.05, 0.1) is 0 Å². The van der Waals surface area contributed by atoms with Gasteiger partial charge in [0.2, 0.25) is 0 Å². The van der Waals surface area contributed by atoms with E-state index in [1.54, 1.807) is 14.1 Å². The van der Waals surface area contributed by atoms with Crippen LogP contribution in [0.1, 0.15) is 5.69 Å². The Bertz CT molecular complexity index is 316. The minimum atomic E-state index is -0.227. The van der Waals surface area contributed by atoms with Crippen LogP contribution in [0.25, 0.3) is 0 Å². The third kappa shape index (κ3) is 1.39. The minimum absolute atomic E-state index is 0.227. The van der Waals surface area contributed by atoms with Crippen molar-refractivity contribution in [2.45, 2.75) is 6.92 Å². The van der Waals surface area contributed by atoms with Gasteiger partial charge >= 0.3 is 5.69 Å². The molecule has 0 aliphatic rings. The SMILES string of the molecule is CNc1cc(C)n(C)c(=O)n1. The van der Waals surface area contributed by atoms with Crippen molar-refractivity contribution < 1.29 is 0 Å². The predicted octanol–water partition coefficient (Wildman–Crippen LogP) is 0.130. The molecular weight excluding hydrogens is 142 g/mol. The third-order valence-corrected chi connectivity index (χ3v) is 1.63. The highest BCUT2D eigenvalue weighted by Crippen LogP contribution is 1.99. The van der Waals surface area contributed by atoms with Crippen LogP contribution < -0.4 is 11.0 Å². The van der Waals surface area contributed by atoms with E-state index in [4.69, 9.17) is 0 Å². The molecule has 0 aliphatic carbocycles. The molecule has 0 atom stereocenters. The van der Waals surface area contributed by atoms with Gasteiger partial charge in [0.1, 0.15) is 5.82 Å². The first-order valence-electron chi connectivity index (χ1n) is 3.37. The summed E-state index contributed by atoms with van der Waals surface area (Å²) >= 11 is 0. The Hall–Kier alpha value is -1.32. The molecule has 0 bridgehead atoms. The molecule has 0 spiro atoms. The monoisotopic (exact) mass is 153 g/mol. The van der Waals surface area contributed by atoms with Gasteiger partial charge in [-0.15, -0.1) is 0 Å². The second-order valence-electron chi connectivity index (χ2n) is 2.37. The van der Waals surface area contributed by atoms with Crippen molar-refractivity contribution in [3.05, 3.63) is 22.2 Å². The number of hydrogen-bond acceptors (Lipinski definition) is 3. The summed E-state index contributed by atoms with van der Waals surface area (Å²) in [5.41, 5.74) is 0.670. The zero-order valence-corrected chi connectivity index (χ0v) is 6.88. The molecule has 1 aromatic heterocycles. The summed E-state index contributed by atoms with van der Waals surface area (Å²) in [4.78, 5) is 14.8. The second kappa shape index (κ2) is 2.74.